The van der Waals surface area contributed by atoms with E-state index >= 15 is 0 Å². The van der Waals surface area contributed by atoms with E-state index in [4.69, 9.17) is 4.74 Å². The van der Waals surface area contributed by atoms with Crippen LogP contribution in [0, 0.1) is 5.92 Å². The number of nitrogens with zero attached hydrogens (tertiary/aromatic N) is 1. The molecular formula is C15H19NO2. The van der Waals surface area contributed by atoms with Crippen LogP contribution >= 0.6 is 0 Å². The molecule has 1 aromatic rings. The van der Waals surface area contributed by atoms with Crippen molar-refractivity contribution in [2.45, 2.75) is 32.7 Å². The largest absolute Gasteiger partial charge is 0.465 e. The number of ether oxygens (including phenoxy) is 1. The van der Waals surface area contributed by atoms with Crippen LogP contribution in [0.3, 0.4) is 0 Å². The molecule has 1 saturated carbocycles. The SMILES string of the molecule is CCOC(=O)C1CCCC1=NCc1ccccc1. The van der Waals surface area contributed by atoms with Crippen LogP contribution in [0.2, 0.25) is 0 Å². The molecule has 2 rings (SSSR count). The summed E-state index contributed by atoms with van der Waals surface area (Å²) in [6.45, 7) is 2.95. The fourth-order valence-electron chi connectivity index (χ4n) is 2.29. The van der Waals surface area contributed by atoms with E-state index in [1.54, 1.807) is 0 Å². The minimum absolute atomic E-state index is 0.103. The van der Waals surface area contributed by atoms with Gasteiger partial charge in [-0.2, -0.15) is 0 Å². The third-order valence-corrected chi connectivity index (χ3v) is 3.21. The van der Waals surface area contributed by atoms with E-state index in [0.29, 0.717) is 13.2 Å². The molecule has 18 heavy (non-hydrogen) atoms. The summed E-state index contributed by atoms with van der Waals surface area (Å²) < 4.78 is 5.09. The van der Waals surface area contributed by atoms with Crippen molar-refractivity contribution in [2.24, 2.45) is 10.9 Å². The summed E-state index contributed by atoms with van der Waals surface area (Å²) in [5.41, 5.74) is 2.19. The molecule has 1 fully saturated rings. The fraction of sp³-hybridized carbons (Fsp3) is 0.467. The fourth-order valence-corrected chi connectivity index (χ4v) is 2.29. The predicted octanol–water partition coefficient (Wildman–Crippen LogP) is 2.99. The topological polar surface area (TPSA) is 38.7 Å². The molecule has 0 aromatic heterocycles. The van der Waals surface area contributed by atoms with Gasteiger partial charge in [0.25, 0.3) is 0 Å². The van der Waals surface area contributed by atoms with Gasteiger partial charge in [-0.25, -0.2) is 0 Å². The molecule has 1 aromatic carbocycles. The van der Waals surface area contributed by atoms with Gasteiger partial charge >= 0.3 is 5.97 Å². The molecule has 3 nitrogen and oxygen atoms in total. The Kier molecular flexibility index (Phi) is 4.51. The van der Waals surface area contributed by atoms with E-state index in [-0.39, 0.29) is 11.9 Å². The van der Waals surface area contributed by atoms with Crippen molar-refractivity contribution in [3.05, 3.63) is 35.9 Å². The number of benzene rings is 1. The Balaban J connectivity index is 2.00. The lowest BCUT2D eigenvalue weighted by atomic mass is 10.1. The molecule has 0 amide bonds. The smallest absolute Gasteiger partial charge is 0.314 e. The molecule has 0 radical (unpaired) electrons. The molecule has 0 heterocycles. The summed E-state index contributed by atoms with van der Waals surface area (Å²) in [5.74, 6) is -0.213. The highest BCUT2D eigenvalue weighted by atomic mass is 16.5. The van der Waals surface area contributed by atoms with Crippen LogP contribution in [-0.2, 0) is 16.1 Å². The van der Waals surface area contributed by atoms with Gasteiger partial charge < -0.3 is 4.74 Å². The first-order valence-electron chi connectivity index (χ1n) is 6.55. The van der Waals surface area contributed by atoms with Crippen LogP contribution in [0.15, 0.2) is 35.3 Å². The first kappa shape index (κ1) is 12.8. The van der Waals surface area contributed by atoms with E-state index in [0.717, 1.165) is 25.0 Å². The lowest BCUT2D eigenvalue weighted by Gasteiger charge is -2.10. The predicted molar refractivity (Wildman–Crippen MR) is 71.6 cm³/mol. The number of hydrogen-bond donors (Lipinski definition) is 0. The summed E-state index contributed by atoms with van der Waals surface area (Å²) in [6, 6.07) is 10.1. The van der Waals surface area contributed by atoms with E-state index < -0.39 is 0 Å². The van der Waals surface area contributed by atoms with Gasteiger partial charge in [0.05, 0.1) is 19.1 Å². The molecule has 96 valence electrons. The average molecular weight is 245 g/mol. The van der Waals surface area contributed by atoms with Gasteiger partial charge in [-0.3, -0.25) is 9.79 Å². The second-order valence-electron chi connectivity index (χ2n) is 4.49. The Morgan fingerprint density at radius 1 is 1.39 bits per heavy atom. The molecule has 1 aliphatic carbocycles. The van der Waals surface area contributed by atoms with Gasteiger partial charge in [-0.1, -0.05) is 30.3 Å². The highest BCUT2D eigenvalue weighted by molar-refractivity contribution is 6.03. The van der Waals surface area contributed by atoms with E-state index in [2.05, 4.69) is 17.1 Å². The van der Waals surface area contributed by atoms with Crippen LogP contribution in [-0.4, -0.2) is 18.3 Å². The molecule has 3 heteroatoms. The van der Waals surface area contributed by atoms with Crippen molar-refractivity contribution in [1.29, 1.82) is 0 Å². The van der Waals surface area contributed by atoms with Gasteiger partial charge in [-0.05, 0) is 31.7 Å². The maximum atomic E-state index is 11.8. The van der Waals surface area contributed by atoms with E-state index in [1.807, 2.05) is 25.1 Å². The van der Waals surface area contributed by atoms with Crippen LogP contribution in [0.1, 0.15) is 31.7 Å². The lowest BCUT2D eigenvalue weighted by Crippen LogP contribution is -2.21. The van der Waals surface area contributed by atoms with Crippen LogP contribution in [0.5, 0.6) is 0 Å². The summed E-state index contributed by atoms with van der Waals surface area (Å²) in [7, 11) is 0. The van der Waals surface area contributed by atoms with Crippen molar-refractivity contribution < 1.29 is 9.53 Å². The number of hydrogen-bond acceptors (Lipinski definition) is 3. The summed E-state index contributed by atoms with van der Waals surface area (Å²) >= 11 is 0. The zero-order valence-electron chi connectivity index (χ0n) is 10.8. The second kappa shape index (κ2) is 6.34. The maximum absolute atomic E-state index is 11.8. The second-order valence-corrected chi connectivity index (χ2v) is 4.49. The third kappa shape index (κ3) is 3.19. The van der Waals surface area contributed by atoms with Gasteiger partial charge in [0.15, 0.2) is 0 Å². The molecular weight excluding hydrogens is 226 g/mol. The first-order chi connectivity index (χ1) is 8.81. The van der Waals surface area contributed by atoms with Crippen molar-refractivity contribution in [2.75, 3.05) is 6.61 Å². The van der Waals surface area contributed by atoms with Crippen molar-refractivity contribution in [3.63, 3.8) is 0 Å². The quantitative estimate of drug-likeness (QED) is 0.765. The highest BCUT2D eigenvalue weighted by Gasteiger charge is 2.29. The lowest BCUT2D eigenvalue weighted by molar-refractivity contribution is -0.145. The number of aliphatic imine (C=N–C) groups is 1. The normalized spacial score (nSPS) is 21.2. The van der Waals surface area contributed by atoms with Gasteiger partial charge in [0.2, 0.25) is 0 Å². The third-order valence-electron chi connectivity index (χ3n) is 3.21. The molecule has 0 aliphatic heterocycles. The molecule has 1 atom stereocenters. The Labute approximate surface area is 108 Å². The summed E-state index contributed by atoms with van der Waals surface area (Å²) in [4.78, 5) is 16.4. The number of carbonyl (C=O) groups excluding carboxylic acids is 1. The standard InChI is InChI=1S/C15H19NO2/c1-2-18-15(17)13-9-6-10-14(13)16-11-12-7-4-3-5-8-12/h3-5,7-8,13H,2,6,9-11H2,1H3. The zero-order valence-corrected chi connectivity index (χ0v) is 10.8. The van der Waals surface area contributed by atoms with Crippen LogP contribution in [0.25, 0.3) is 0 Å². The van der Waals surface area contributed by atoms with Gasteiger partial charge in [-0.15, -0.1) is 0 Å². The monoisotopic (exact) mass is 245 g/mol. The summed E-state index contributed by atoms with van der Waals surface area (Å²) in [6.07, 6.45) is 2.85. The molecule has 0 spiro atoms. The Hall–Kier alpha value is -1.64. The number of esters is 1. The van der Waals surface area contributed by atoms with Crippen molar-refractivity contribution >= 4 is 11.7 Å². The average Bonchev–Trinajstić information content (AvgIpc) is 2.86. The van der Waals surface area contributed by atoms with Crippen LogP contribution < -0.4 is 0 Å². The molecule has 0 saturated heterocycles. The van der Waals surface area contributed by atoms with Crippen LogP contribution in [0.4, 0.5) is 0 Å². The zero-order chi connectivity index (χ0) is 12.8. The number of rotatable bonds is 4. The summed E-state index contributed by atoms with van der Waals surface area (Å²) in [5, 5.41) is 0. The van der Waals surface area contributed by atoms with Crippen molar-refractivity contribution in [3.8, 4) is 0 Å². The van der Waals surface area contributed by atoms with Gasteiger partial charge in [0, 0.05) is 5.71 Å². The molecule has 1 aliphatic rings. The number of carbonyl (C=O) groups is 1. The Bertz CT molecular complexity index is 425. The van der Waals surface area contributed by atoms with E-state index in [9.17, 15) is 4.79 Å². The van der Waals surface area contributed by atoms with Gasteiger partial charge in [0.1, 0.15) is 0 Å². The Morgan fingerprint density at radius 2 is 2.17 bits per heavy atom. The van der Waals surface area contributed by atoms with E-state index in [1.165, 1.54) is 5.56 Å². The minimum Gasteiger partial charge on any atom is -0.465 e. The highest BCUT2D eigenvalue weighted by Crippen LogP contribution is 2.24. The first-order valence-corrected chi connectivity index (χ1v) is 6.55. The van der Waals surface area contributed by atoms with Crippen molar-refractivity contribution in [1.82, 2.24) is 0 Å². The minimum atomic E-state index is -0.109. The maximum Gasteiger partial charge on any atom is 0.314 e. The molecule has 1 unspecified atom stereocenters. The molecule has 0 N–H and O–H groups in total. The molecule has 0 bridgehead atoms. The Morgan fingerprint density at radius 3 is 2.89 bits per heavy atom.